The molecule has 0 unspecified atom stereocenters. The molecule has 1 rings (SSSR count). The summed E-state index contributed by atoms with van der Waals surface area (Å²) in [6, 6.07) is 4.24. The molecule has 0 heterocycles. The van der Waals surface area contributed by atoms with Gasteiger partial charge < -0.3 is 5.11 Å². The van der Waals surface area contributed by atoms with E-state index in [0.717, 1.165) is 19.3 Å². The van der Waals surface area contributed by atoms with Gasteiger partial charge in [0, 0.05) is 5.56 Å². The summed E-state index contributed by atoms with van der Waals surface area (Å²) in [6.07, 6.45) is 15.3. The normalized spacial score (nSPS) is 11.8. The van der Waals surface area contributed by atoms with E-state index in [0.29, 0.717) is 12.0 Å². The van der Waals surface area contributed by atoms with Crippen molar-refractivity contribution >= 4 is 10.1 Å². The van der Waals surface area contributed by atoms with E-state index >= 15 is 0 Å². The van der Waals surface area contributed by atoms with E-state index in [2.05, 4.69) is 6.92 Å². The first-order chi connectivity index (χ1) is 12.0. The third-order valence-electron chi connectivity index (χ3n) is 4.67. The van der Waals surface area contributed by atoms with Crippen LogP contribution in [0.2, 0.25) is 0 Å². The molecule has 2 N–H and O–H groups in total. The summed E-state index contributed by atoms with van der Waals surface area (Å²) >= 11 is 0. The van der Waals surface area contributed by atoms with Crippen molar-refractivity contribution in [2.24, 2.45) is 0 Å². The van der Waals surface area contributed by atoms with E-state index in [1.807, 2.05) is 0 Å². The van der Waals surface area contributed by atoms with Crippen LogP contribution in [0.3, 0.4) is 0 Å². The summed E-state index contributed by atoms with van der Waals surface area (Å²) in [5, 5.41) is 9.86. The second-order valence-electron chi connectivity index (χ2n) is 6.87. The van der Waals surface area contributed by atoms with Crippen LogP contribution >= 0.6 is 0 Å². The van der Waals surface area contributed by atoms with Gasteiger partial charge in [-0.25, -0.2) is 0 Å². The number of hydrogen-bond acceptors (Lipinski definition) is 3. The smallest absolute Gasteiger partial charge is 0.294 e. The summed E-state index contributed by atoms with van der Waals surface area (Å²) in [6.45, 7) is 2.24. The molecule has 0 saturated carbocycles. The predicted molar refractivity (Wildman–Crippen MR) is 103 cm³/mol. The molecule has 0 aliphatic heterocycles. The van der Waals surface area contributed by atoms with Crippen molar-refractivity contribution in [3.8, 4) is 5.75 Å². The molecule has 0 amide bonds. The minimum absolute atomic E-state index is 0.0572. The van der Waals surface area contributed by atoms with E-state index < -0.39 is 10.1 Å². The molecule has 5 heteroatoms. The number of benzene rings is 1. The average molecular weight is 371 g/mol. The first kappa shape index (κ1) is 22.0. The van der Waals surface area contributed by atoms with Crippen LogP contribution in [0.1, 0.15) is 89.5 Å². The van der Waals surface area contributed by atoms with Gasteiger partial charge in [0.15, 0.2) is 0 Å². The topological polar surface area (TPSA) is 74.6 Å². The number of unbranched alkanes of at least 4 members (excludes halogenated alkanes) is 11. The Morgan fingerprint density at radius 3 is 1.76 bits per heavy atom. The number of hydrogen-bond donors (Lipinski definition) is 2. The quantitative estimate of drug-likeness (QED) is 0.317. The van der Waals surface area contributed by atoms with Gasteiger partial charge in [0.2, 0.25) is 0 Å². The predicted octanol–water partition coefficient (Wildman–Crippen LogP) is 5.88. The molecule has 1 aromatic rings. The monoisotopic (exact) mass is 370 g/mol. The van der Waals surface area contributed by atoms with Gasteiger partial charge in [-0.15, -0.1) is 0 Å². The molecule has 0 fully saturated rings. The lowest BCUT2D eigenvalue weighted by Crippen LogP contribution is -2.03. The van der Waals surface area contributed by atoms with E-state index in [-0.39, 0.29) is 10.6 Å². The van der Waals surface area contributed by atoms with E-state index in [1.54, 1.807) is 0 Å². The second kappa shape index (κ2) is 12.3. The van der Waals surface area contributed by atoms with Crippen molar-refractivity contribution in [1.29, 1.82) is 0 Å². The number of phenols is 1. The molecule has 0 radical (unpaired) electrons. The van der Waals surface area contributed by atoms with Crippen molar-refractivity contribution in [2.45, 2.75) is 95.3 Å². The third kappa shape index (κ3) is 9.26. The van der Waals surface area contributed by atoms with E-state index in [9.17, 15) is 18.1 Å². The summed E-state index contributed by atoms with van der Waals surface area (Å²) in [5.41, 5.74) is 0.331. The molecule has 0 saturated heterocycles. The van der Waals surface area contributed by atoms with Crippen molar-refractivity contribution < 1.29 is 18.1 Å². The van der Waals surface area contributed by atoms with Gasteiger partial charge in [0.05, 0.1) is 0 Å². The molecule has 25 heavy (non-hydrogen) atoms. The van der Waals surface area contributed by atoms with Gasteiger partial charge in [-0.3, -0.25) is 4.55 Å². The first-order valence-electron chi connectivity index (χ1n) is 9.75. The molecule has 0 aliphatic rings. The highest BCUT2D eigenvalue weighted by Crippen LogP contribution is 2.27. The highest BCUT2D eigenvalue weighted by Gasteiger charge is 2.17. The van der Waals surface area contributed by atoms with Crippen LogP contribution in [0.4, 0.5) is 0 Å². The number of phenolic OH excluding ortho intramolecular Hbond substituents is 1. The average Bonchev–Trinajstić information content (AvgIpc) is 2.56. The van der Waals surface area contributed by atoms with Gasteiger partial charge in [-0.2, -0.15) is 8.42 Å². The molecular formula is C20H34O4S. The summed E-state index contributed by atoms with van der Waals surface area (Å²) < 4.78 is 32.0. The Morgan fingerprint density at radius 2 is 1.28 bits per heavy atom. The zero-order valence-electron chi connectivity index (χ0n) is 15.5. The van der Waals surface area contributed by atoms with Crippen molar-refractivity contribution in [2.75, 3.05) is 0 Å². The summed E-state index contributed by atoms with van der Waals surface area (Å²) in [5.74, 6) is -0.0572. The second-order valence-corrected chi connectivity index (χ2v) is 8.26. The maximum absolute atomic E-state index is 11.4. The highest BCUT2D eigenvalue weighted by atomic mass is 32.2. The minimum atomic E-state index is -4.28. The summed E-state index contributed by atoms with van der Waals surface area (Å²) in [7, 11) is -4.28. The Bertz CT molecular complexity index is 581. The SMILES string of the molecule is CCCCCCCCCCCCCCc1c(O)cccc1S(=O)(=O)O. The zero-order chi connectivity index (χ0) is 18.5. The molecule has 0 bridgehead atoms. The highest BCUT2D eigenvalue weighted by molar-refractivity contribution is 7.85. The first-order valence-corrected chi connectivity index (χ1v) is 11.2. The van der Waals surface area contributed by atoms with E-state index in [1.165, 1.54) is 76.0 Å². The Balaban J connectivity index is 2.15. The third-order valence-corrected chi connectivity index (χ3v) is 5.60. The van der Waals surface area contributed by atoms with Crippen molar-refractivity contribution in [1.82, 2.24) is 0 Å². The number of rotatable bonds is 14. The molecule has 0 aromatic heterocycles. The van der Waals surface area contributed by atoms with Gasteiger partial charge in [-0.1, -0.05) is 83.6 Å². The molecule has 1 aromatic carbocycles. The Hall–Kier alpha value is -1.07. The number of aromatic hydroxyl groups is 1. The Labute approximate surface area is 153 Å². The maximum atomic E-state index is 11.4. The lowest BCUT2D eigenvalue weighted by Gasteiger charge is -2.09. The molecular weight excluding hydrogens is 336 g/mol. The van der Waals surface area contributed by atoms with Crippen LogP contribution in [-0.4, -0.2) is 18.1 Å². The van der Waals surface area contributed by atoms with Crippen LogP contribution < -0.4 is 0 Å². The standard InChI is InChI=1S/C20H34O4S/c1-2-3-4-5-6-7-8-9-10-11-12-13-15-18-19(21)16-14-17-20(18)25(22,23)24/h14,16-17,21H,2-13,15H2,1H3,(H,22,23,24). The van der Waals surface area contributed by atoms with Crippen LogP contribution in [0.5, 0.6) is 5.75 Å². The fourth-order valence-corrected chi connectivity index (χ4v) is 3.96. The molecule has 144 valence electrons. The maximum Gasteiger partial charge on any atom is 0.294 e. The molecule has 4 nitrogen and oxygen atoms in total. The van der Waals surface area contributed by atoms with Gasteiger partial charge >= 0.3 is 0 Å². The van der Waals surface area contributed by atoms with Crippen LogP contribution in [0.15, 0.2) is 23.1 Å². The van der Waals surface area contributed by atoms with Gasteiger partial charge in [0.25, 0.3) is 10.1 Å². The Morgan fingerprint density at radius 1 is 0.800 bits per heavy atom. The fraction of sp³-hybridized carbons (Fsp3) is 0.700. The minimum Gasteiger partial charge on any atom is -0.508 e. The zero-order valence-corrected chi connectivity index (χ0v) is 16.4. The molecule has 0 spiro atoms. The molecule has 0 atom stereocenters. The van der Waals surface area contributed by atoms with E-state index in [4.69, 9.17) is 0 Å². The Kier molecular flexibility index (Phi) is 10.8. The van der Waals surface area contributed by atoms with Gasteiger partial charge in [0.1, 0.15) is 10.6 Å². The van der Waals surface area contributed by atoms with Crippen molar-refractivity contribution in [3.05, 3.63) is 23.8 Å². The van der Waals surface area contributed by atoms with Crippen LogP contribution in [0, 0.1) is 0 Å². The van der Waals surface area contributed by atoms with Crippen molar-refractivity contribution in [3.63, 3.8) is 0 Å². The van der Waals surface area contributed by atoms with Crippen LogP contribution in [-0.2, 0) is 16.5 Å². The van der Waals surface area contributed by atoms with Gasteiger partial charge in [-0.05, 0) is 25.0 Å². The lowest BCUT2D eigenvalue weighted by molar-refractivity contribution is 0.455. The lowest BCUT2D eigenvalue weighted by atomic mass is 10.0. The van der Waals surface area contributed by atoms with Crippen LogP contribution in [0.25, 0.3) is 0 Å². The molecule has 0 aliphatic carbocycles. The fourth-order valence-electron chi connectivity index (χ4n) is 3.19. The summed E-state index contributed by atoms with van der Waals surface area (Å²) in [4.78, 5) is -0.171. The largest absolute Gasteiger partial charge is 0.508 e.